The van der Waals surface area contributed by atoms with Crippen LogP contribution < -0.4 is 15.8 Å². The van der Waals surface area contributed by atoms with Crippen molar-refractivity contribution in [1.82, 2.24) is 14.9 Å². The lowest BCUT2D eigenvalue weighted by atomic mass is 10.0. The summed E-state index contributed by atoms with van der Waals surface area (Å²) < 4.78 is 5.86. The summed E-state index contributed by atoms with van der Waals surface area (Å²) in [5.41, 5.74) is 8.60. The Hall–Kier alpha value is -3.90. The van der Waals surface area contributed by atoms with Crippen molar-refractivity contribution in [1.29, 1.82) is 5.26 Å². The van der Waals surface area contributed by atoms with Crippen LogP contribution in [0, 0.1) is 11.3 Å². The fourth-order valence-electron chi connectivity index (χ4n) is 3.68. The van der Waals surface area contributed by atoms with Gasteiger partial charge in [-0.15, -0.1) is 0 Å². The van der Waals surface area contributed by atoms with Gasteiger partial charge in [0.1, 0.15) is 11.8 Å². The Kier molecular flexibility index (Phi) is 7.64. The second-order valence-corrected chi connectivity index (χ2v) is 7.68. The number of hydrogen-bond acceptors (Lipinski definition) is 6. The Morgan fingerprint density at radius 1 is 1.30 bits per heavy atom. The number of fused-ring (bicyclic) bond motifs is 1. The second kappa shape index (κ2) is 10.6. The first-order chi connectivity index (χ1) is 15.9. The minimum absolute atomic E-state index is 0.174. The summed E-state index contributed by atoms with van der Waals surface area (Å²) in [6.45, 7) is 5.58. The molecular formula is C24H28N6O3. The normalized spacial score (nSPS) is 12.6. The molecule has 0 saturated carbocycles. The number of likely N-dealkylation sites (N-methyl/N-ethyl adjacent to an activating group) is 1. The molecule has 2 atom stereocenters. The fourth-order valence-corrected chi connectivity index (χ4v) is 3.68. The number of nitrogens with one attached hydrogen (secondary N) is 2. The van der Waals surface area contributed by atoms with Crippen LogP contribution in [0.2, 0.25) is 0 Å². The highest BCUT2D eigenvalue weighted by Gasteiger charge is 2.26. The van der Waals surface area contributed by atoms with Crippen molar-refractivity contribution in [3.63, 3.8) is 0 Å². The Balaban J connectivity index is 1.76. The first-order valence-electron chi connectivity index (χ1n) is 10.8. The third-order valence-corrected chi connectivity index (χ3v) is 5.31. The Labute approximate surface area is 192 Å². The number of benzene rings is 1. The highest BCUT2D eigenvalue weighted by Crippen LogP contribution is 2.28. The van der Waals surface area contributed by atoms with Crippen molar-refractivity contribution in [3.05, 3.63) is 48.3 Å². The molecule has 0 saturated heterocycles. The molecule has 9 heteroatoms. The number of H-pyrrole nitrogens is 1. The number of carbonyl (C=O) groups is 2. The third kappa shape index (κ3) is 5.67. The molecule has 4 N–H and O–H groups in total. The number of carbonyl (C=O) groups excluding carboxylic acids is 2. The zero-order valence-corrected chi connectivity index (χ0v) is 19.0. The first-order valence-corrected chi connectivity index (χ1v) is 10.8. The summed E-state index contributed by atoms with van der Waals surface area (Å²) in [5.74, 6) is 0.547. The summed E-state index contributed by atoms with van der Waals surface area (Å²) in [4.78, 5) is 32.9. The van der Waals surface area contributed by atoms with Gasteiger partial charge in [-0.25, -0.2) is 4.98 Å². The lowest BCUT2D eigenvalue weighted by molar-refractivity contribution is -0.133. The summed E-state index contributed by atoms with van der Waals surface area (Å²) in [6.07, 6.45) is 4.23. The second-order valence-electron chi connectivity index (χ2n) is 7.68. The predicted molar refractivity (Wildman–Crippen MR) is 126 cm³/mol. The van der Waals surface area contributed by atoms with Crippen molar-refractivity contribution < 1.29 is 14.3 Å². The third-order valence-electron chi connectivity index (χ3n) is 5.31. The monoisotopic (exact) mass is 448 g/mol. The van der Waals surface area contributed by atoms with E-state index in [-0.39, 0.29) is 11.8 Å². The van der Waals surface area contributed by atoms with Crippen molar-refractivity contribution in [2.24, 2.45) is 5.73 Å². The molecule has 1 unspecified atom stereocenters. The van der Waals surface area contributed by atoms with E-state index in [2.05, 4.69) is 21.4 Å². The molecule has 3 aromatic rings. The van der Waals surface area contributed by atoms with Gasteiger partial charge in [0, 0.05) is 36.6 Å². The van der Waals surface area contributed by atoms with Crippen LogP contribution in [-0.4, -0.2) is 45.3 Å². The minimum atomic E-state index is -0.765. The van der Waals surface area contributed by atoms with Crippen LogP contribution in [0.1, 0.15) is 32.8 Å². The van der Waals surface area contributed by atoms with Crippen molar-refractivity contribution in [3.8, 4) is 17.7 Å². The maximum absolute atomic E-state index is 12.9. The number of anilines is 1. The standard InChI is InChI=1S/C24H28N6O3/c1-4-18(12-25)30(5-2)24(32)21(26)10-16-13-27-22-8-7-19(11-20(16)22)33-23-9-6-17(14-28-23)29-15(3)31/h6-9,11,13-14,18,21,27H,4-5,10,26H2,1-3H3,(H,29,31)/t18?,21-/m0/s1. The summed E-state index contributed by atoms with van der Waals surface area (Å²) >= 11 is 0. The Bertz CT molecular complexity index is 1170. The average molecular weight is 449 g/mol. The highest BCUT2D eigenvalue weighted by atomic mass is 16.5. The molecule has 1 aromatic carbocycles. The smallest absolute Gasteiger partial charge is 0.240 e. The van der Waals surface area contributed by atoms with Crippen molar-refractivity contribution in [2.45, 2.75) is 45.7 Å². The lowest BCUT2D eigenvalue weighted by Crippen LogP contribution is -2.48. The maximum Gasteiger partial charge on any atom is 0.240 e. The zero-order valence-electron chi connectivity index (χ0n) is 19.0. The summed E-state index contributed by atoms with van der Waals surface area (Å²) in [7, 11) is 0. The number of nitrogens with zero attached hydrogens (tertiary/aromatic N) is 3. The number of pyridine rings is 1. The van der Waals surface area contributed by atoms with E-state index in [9.17, 15) is 14.9 Å². The number of hydrogen-bond donors (Lipinski definition) is 3. The maximum atomic E-state index is 12.9. The van der Waals surface area contributed by atoms with E-state index in [0.717, 1.165) is 16.5 Å². The van der Waals surface area contributed by atoms with E-state index in [0.29, 0.717) is 36.7 Å². The van der Waals surface area contributed by atoms with Crippen molar-refractivity contribution >= 4 is 28.4 Å². The van der Waals surface area contributed by atoms with Gasteiger partial charge in [0.25, 0.3) is 0 Å². The van der Waals surface area contributed by atoms with Crippen LogP contribution in [0.3, 0.4) is 0 Å². The van der Waals surface area contributed by atoms with E-state index < -0.39 is 12.1 Å². The van der Waals surface area contributed by atoms with E-state index in [4.69, 9.17) is 10.5 Å². The number of aromatic nitrogens is 2. The number of aromatic amines is 1. The molecule has 2 heterocycles. The topological polar surface area (TPSA) is 137 Å². The molecule has 3 rings (SSSR count). The minimum Gasteiger partial charge on any atom is -0.439 e. The van der Waals surface area contributed by atoms with Gasteiger partial charge >= 0.3 is 0 Å². The van der Waals surface area contributed by atoms with Crippen LogP contribution in [0.25, 0.3) is 10.9 Å². The quantitative estimate of drug-likeness (QED) is 0.459. The molecule has 0 radical (unpaired) electrons. The molecule has 0 bridgehead atoms. The van der Waals surface area contributed by atoms with Gasteiger partial charge in [0.15, 0.2) is 0 Å². The van der Waals surface area contributed by atoms with Gasteiger partial charge < -0.3 is 25.7 Å². The Morgan fingerprint density at radius 3 is 2.70 bits per heavy atom. The van der Waals surface area contributed by atoms with Gasteiger partial charge in [-0.2, -0.15) is 5.26 Å². The predicted octanol–water partition coefficient (Wildman–Crippen LogP) is 3.33. The molecule has 9 nitrogen and oxygen atoms in total. The Morgan fingerprint density at radius 2 is 2.09 bits per heavy atom. The van der Waals surface area contributed by atoms with Gasteiger partial charge in [0.2, 0.25) is 17.7 Å². The molecule has 0 aliphatic heterocycles. The number of nitriles is 1. The van der Waals surface area contributed by atoms with Gasteiger partial charge in [-0.1, -0.05) is 6.92 Å². The fraction of sp³-hybridized carbons (Fsp3) is 0.333. The van der Waals surface area contributed by atoms with E-state index in [1.807, 2.05) is 38.2 Å². The van der Waals surface area contributed by atoms with Crippen LogP contribution in [0.5, 0.6) is 11.6 Å². The highest BCUT2D eigenvalue weighted by molar-refractivity contribution is 5.88. The molecule has 0 fully saturated rings. The molecule has 2 aromatic heterocycles. The average Bonchev–Trinajstić information content (AvgIpc) is 3.19. The first kappa shape index (κ1) is 23.8. The summed E-state index contributed by atoms with van der Waals surface area (Å²) in [5, 5.41) is 12.9. The van der Waals surface area contributed by atoms with Crippen LogP contribution in [0.15, 0.2) is 42.7 Å². The molecule has 33 heavy (non-hydrogen) atoms. The van der Waals surface area contributed by atoms with Crippen molar-refractivity contribution in [2.75, 3.05) is 11.9 Å². The van der Waals surface area contributed by atoms with E-state index in [1.54, 1.807) is 12.1 Å². The molecule has 0 aliphatic rings. The van der Waals surface area contributed by atoms with Crippen LogP contribution in [0.4, 0.5) is 5.69 Å². The van der Waals surface area contributed by atoms with Gasteiger partial charge in [-0.3, -0.25) is 9.59 Å². The van der Waals surface area contributed by atoms with Crippen LogP contribution in [-0.2, 0) is 16.0 Å². The number of rotatable bonds is 9. The number of ether oxygens (including phenoxy) is 1. The number of nitrogens with two attached hydrogens (primary N) is 1. The number of amides is 2. The van der Waals surface area contributed by atoms with Crippen LogP contribution >= 0.6 is 0 Å². The lowest BCUT2D eigenvalue weighted by Gasteiger charge is -2.27. The largest absolute Gasteiger partial charge is 0.439 e. The molecule has 172 valence electrons. The van der Waals surface area contributed by atoms with E-state index in [1.165, 1.54) is 18.0 Å². The zero-order chi connectivity index (χ0) is 24.0. The van der Waals surface area contributed by atoms with E-state index >= 15 is 0 Å². The molecule has 2 amide bonds. The molecule has 0 aliphatic carbocycles. The van der Waals surface area contributed by atoms with Gasteiger partial charge in [-0.05, 0) is 49.6 Å². The molecular weight excluding hydrogens is 420 g/mol. The van der Waals surface area contributed by atoms with Gasteiger partial charge in [0.05, 0.1) is 24.0 Å². The SMILES string of the molecule is CCC(C#N)N(CC)C(=O)[C@@H](N)Cc1c[nH]c2ccc(Oc3ccc(NC(C)=O)cn3)cc12. The molecule has 0 spiro atoms. The summed E-state index contributed by atoms with van der Waals surface area (Å²) in [6, 6.07) is 9.86.